The quantitative estimate of drug-likeness (QED) is 0.255. The Hall–Kier alpha value is 3.12. The van der Waals surface area contributed by atoms with Crippen molar-refractivity contribution >= 4 is 5.91 Å². The number of ether oxygens (including phenoxy) is 2. The number of hydrogen-bond donors (Lipinski definition) is 4. The summed E-state index contributed by atoms with van der Waals surface area (Å²) >= 11 is 0. The van der Waals surface area contributed by atoms with Crippen molar-refractivity contribution in [3.8, 4) is 0 Å². The third kappa shape index (κ3) is 9.55. The Balaban J connectivity index is -0.00000147. The molecule has 0 aromatic heterocycles. The van der Waals surface area contributed by atoms with Crippen molar-refractivity contribution in [3.05, 3.63) is 12.7 Å². The number of hydrogen-bond acceptors (Lipinski definition) is 6. The fourth-order valence-electron chi connectivity index (χ4n) is 1.77. The van der Waals surface area contributed by atoms with Gasteiger partial charge in [-0.1, -0.05) is 6.08 Å². The molecule has 1 fully saturated rings. The fraction of sp³-hybridized carbons (Fsp3) is 0.727. The summed E-state index contributed by atoms with van der Waals surface area (Å²) in [6, 6.07) is -1.66. The largest absolute Gasteiger partial charge is 0.471 e. The number of aliphatic hydroxyl groups is 3. The maximum Gasteiger partial charge on any atom is 0.471 e. The monoisotopic (exact) mass is 996 g/mol. The first kappa shape index (κ1) is 31.8. The zero-order valence-corrected chi connectivity index (χ0v) is 26.8. The number of aliphatic hydroxyl groups excluding tert-OH is 3. The zero-order chi connectivity index (χ0) is 16.2. The molecule has 1 heterocycles. The van der Waals surface area contributed by atoms with Gasteiger partial charge in [0.15, 0.2) is 6.29 Å². The van der Waals surface area contributed by atoms with Crippen LogP contribution in [0.15, 0.2) is 12.7 Å². The SMILES string of the molecule is C=CCOC1O[C@H](CO)C(O)C(O)C1NC(=O)C(F)(F)F.[Ac].[Ac].[Ac]. The van der Waals surface area contributed by atoms with E-state index in [0.717, 1.165) is 0 Å². The molecule has 0 spiro atoms. The van der Waals surface area contributed by atoms with Crippen LogP contribution in [-0.2, 0) is 14.3 Å². The minimum atomic E-state index is -5.17. The van der Waals surface area contributed by atoms with Gasteiger partial charge in [-0.15, -0.1) is 6.58 Å². The Bertz CT molecular complexity index is 391. The number of halogens is 3. The van der Waals surface area contributed by atoms with E-state index >= 15 is 0 Å². The van der Waals surface area contributed by atoms with Crippen molar-refractivity contribution in [2.24, 2.45) is 0 Å². The first-order valence-electron chi connectivity index (χ1n) is 5.95. The Labute approximate surface area is 244 Å². The number of carbonyl (C=O) groups is 1. The summed E-state index contributed by atoms with van der Waals surface area (Å²) < 4.78 is 46.8. The third-order valence-corrected chi connectivity index (χ3v) is 2.81. The van der Waals surface area contributed by atoms with Crippen LogP contribution >= 0.6 is 0 Å². The first-order chi connectivity index (χ1) is 9.72. The van der Waals surface area contributed by atoms with Gasteiger partial charge in [-0.05, 0) is 0 Å². The molecule has 1 rings (SSSR count). The van der Waals surface area contributed by atoms with E-state index in [1.165, 1.54) is 11.4 Å². The van der Waals surface area contributed by atoms with Crippen molar-refractivity contribution in [2.45, 2.75) is 36.8 Å². The molecule has 0 bridgehead atoms. The van der Waals surface area contributed by atoms with E-state index in [1.54, 1.807) is 0 Å². The van der Waals surface area contributed by atoms with E-state index in [1.807, 2.05) is 0 Å². The number of nitrogens with one attached hydrogen (secondary N) is 1. The van der Waals surface area contributed by atoms with Crippen molar-refractivity contribution in [2.75, 3.05) is 13.2 Å². The van der Waals surface area contributed by atoms with E-state index in [4.69, 9.17) is 14.6 Å². The molecule has 3 radical (unpaired) electrons. The molecular weight excluding hydrogens is 980 g/mol. The van der Waals surface area contributed by atoms with Gasteiger partial charge in [0.25, 0.3) is 0 Å². The van der Waals surface area contributed by atoms with Crippen LogP contribution in [0.1, 0.15) is 0 Å². The van der Waals surface area contributed by atoms with Gasteiger partial charge in [-0.25, -0.2) is 0 Å². The van der Waals surface area contributed by atoms with E-state index < -0.39 is 49.3 Å². The summed E-state index contributed by atoms with van der Waals surface area (Å²) in [5.74, 6) is -2.31. The average Bonchev–Trinajstić information content (AvgIpc) is 2.41. The molecule has 4 unspecified atom stereocenters. The predicted octanol–water partition coefficient (Wildman–Crippen LogP) is -1.32. The number of carbonyl (C=O) groups excluding carboxylic acids is 1. The Morgan fingerprint density at radius 2 is 1.79 bits per heavy atom. The summed E-state index contributed by atoms with van der Waals surface area (Å²) in [6.45, 7) is 2.51. The van der Waals surface area contributed by atoms with Crippen LogP contribution < -0.4 is 5.32 Å². The normalized spacial score (nSPS) is 29.3. The molecule has 7 nitrogen and oxygen atoms in total. The summed E-state index contributed by atoms with van der Waals surface area (Å²) in [6.07, 6.45) is -10.1. The molecule has 0 aliphatic carbocycles. The minimum absolute atomic E-state index is 0. The van der Waals surface area contributed by atoms with Gasteiger partial charge in [0.1, 0.15) is 24.4 Å². The molecule has 13 heteroatoms. The number of amides is 1. The first-order valence-corrected chi connectivity index (χ1v) is 5.95. The van der Waals surface area contributed by atoms with E-state index in [0.29, 0.717) is 0 Å². The van der Waals surface area contributed by atoms with Gasteiger partial charge in [0.2, 0.25) is 0 Å². The number of alkyl halides is 3. The second-order valence-corrected chi connectivity index (χ2v) is 4.33. The second kappa shape index (κ2) is 15.0. The Morgan fingerprint density at radius 1 is 1.25 bits per heavy atom. The average molecular weight is 996 g/mol. The fourth-order valence-corrected chi connectivity index (χ4v) is 1.77. The molecule has 5 atom stereocenters. The van der Waals surface area contributed by atoms with Crippen LogP contribution in [0.5, 0.6) is 0 Å². The molecule has 1 aliphatic rings. The summed E-state index contributed by atoms with van der Waals surface area (Å²) in [5, 5.41) is 29.9. The Kier molecular flexibility index (Phi) is 19.9. The summed E-state index contributed by atoms with van der Waals surface area (Å²) in [4.78, 5) is 10.9. The van der Waals surface area contributed by atoms with Gasteiger partial charge < -0.3 is 30.1 Å². The molecule has 131 valence electrons. The van der Waals surface area contributed by atoms with E-state index in [-0.39, 0.29) is 139 Å². The van der Waals surface area contributed by atoms with Gasteiger partial charge >= 0.3 is 12.1 Å². The zero-order valence-electron chi connectivity index (χ0n) is 12.5. The summed E-state index contributed by atoms with van der Waals surface area (Å²) in [7, 11) is 0. The van der Waals surface area contributed by atoms with Crippen molar-refractivity contribution < 1.29 is 175 Å². The van der Waals surface area contributed by atoms with Crippen LogP contribution in [-0.4, -0.2) is 71.3 Å². The molecule has 24 heavy (non-hydrogen) atoms. The van der Waals surface area contributed by atoms with Crippen molar-refractivity contribution in [1.29, 1.82) is 0 Å². The summed E-state index contributed by atoms with van der Waals surface area (Å²) in [5.41, 5.74) is 0. The van der Waals surface area contributed by atoms with Crippen LogP contribution in [0, 0.1) is 132 Å². The maximum absolute atomic E-state index is 12.3. The maximum atomic E-state index is 12.3. The third-order valence-electron chi connectivity index (χ3n) is 2.81. The Morgan fingerprint density at radius 3 is 2.21 bits per heavy atom. The molecule has 0 aromatic carbocycles. The smallest absolute Gasteiger partial charge is 0.394 e. The van der Waals surface area contributed by atoms with Gasteiger partial charge in [0.05, 0.1) is 13.2 Å². The molecular formula is C11H16Ac3F3NO6. The van der Waals surface area contributed by atoms with Crippen molar-refractivity contribution in [1.82, 2.24) is 5.32 Å². The van der Waals surface area contributed by atoms with Gasteiger partial charge in [-0.3, -0.25) is 4.79 Å². The molecule has 1 aliphatic heterocycles. The topological polar surface area (TPSA) is 108 Å². The van der Waals surface area contributed by atoms with Crippen molar-refractivity contribution in [3.63, 3.8) is 0 Å². The van der Waals surface area contributed by atoms with Gasteiger partial charge in [-0.2, -0.15) is 13.2 Å². The standard InChI is InChI=1S/C11H16F3NO6.3Ac/c1-2-3-20-9-6(15-10(19)11(12,13)14)8(18)7(17)5(4-16)21-9;;;/h2,5-9,16-18H,1,3-4H2,(H,15,19);;;/t5-,6?,7?,8?,9?;;;/m1.../s1. The molecule has 0 saturated carbocycles. The molecule has 1 amide bonds. The molecule has 1 saturated heterocycles. The minimum Gasteiger partial charge on any atom is -0.394 e. The van der Waals surface area contributed by atoms with E-state index in [9.17, 15) is 28.2 Å². The van der Waals surface area contributed by atoms with Gasteiger partial charge in [0, 0.05) is 132 Å². The molecule has 4 N–H and O–H groups in total. The second-order valence-electron chi connectivity index (χ2n) is 4.33. The molecule has 0 aromatic rings. The predicted molar refractivity (Wildman–Crippen MR) is 61.9 cm³/mol. The van der Waals surface area contributed by atoms with Crippen LogP contribution in [0.4, 0.5) is 13.2 Å². The van der Waals surface area contributed by atoms with Crippen LogP contribution in [0.3, 0.4) is 0 Å². The number of rotatable bonds is 5. The van der Waals surface area contributed by atoms with Crippen LogP contribution in [0.25, 0.3) is 0 Å². The van der Waals surface area contributed by atoms with Crippen LogP contribution in [0.2, 0.25) is 0 Å². The van der Waals surface area contributed by atoms with E-state index in [2.05, 4.69) is 6.58 Å².